The van der Waals surface area contributed by atoms with E-state index in [0.717, 1.165) is 66.2 Å². The quantitative estimate of drug-likeness (QED) is 0.127. The third-order valence-corrected chi connectivity index (χ3v) is 10.8. The van der Waals surface area contributed by atoms with Crippen LogP contribution in [0.4, 0.5) is 23.0 Å². The van der Waals surface area contributed by atoms with E-state index in [0.29, 0.717) is 23.3 Å². The average Bonchev–Trinajstić information content (AvgIpc) is 3.61. The molecule has 0 bridgehead atoms. The van der Waals surface area contributed by atoms with Gasteiger partial charge in [-0.2, -0.15) is 9.97 Å². The summed E-state index contributed by atoms with van der Waals surface area (Å²) in [6.07, 6.45) is 0. The first kappa shape index (κ1) is 31.6. The van der Waals surface area contributed by atoms with E-state index in [4.69, 9.17) is 21.5 Å². The van der Waals surface area contributed by atoms with Gasteiger partial charge in [-0.15, -0.1) is 0 Å². The van der Waals surface area contributed by atoms with Crippen LogP contribution in [0.25, 0.3) is 87.4 Å². The maximum atomic E-state index is 7.69. The molecule has 11 aromatic rings. The molecule has 0 radical (unpaired) electrons. The van der Waals surface area contributed by atoms with E-state index in [9.17, 15) is 0 Å². The SMILES string of the molecule is [C-]#[N+]c1ccc(N(c2nc(-c3ccc4ccccc4c3)nc(-c3ccc4ccccc4c3)n2)c2ccc3c4c2ccc2cccc(c24)n3-c2ccccc2)cc1. The van der Waals surface area contributed by atoms with Crippen molar-refractivity contribution in [3.8, 4) is 28.5 Å². The summed E-state index contributed by atoms with van der Waals surface area (Å²) in [5, 5.41) is 9.13. The van der Waals surface area contributed by atoms with Gasteiger partial charge in [0.15, 0.2) is 17.3 Å². The van der Waals surface area contributed by atoms with Gasteiger partial charge in [-0.1, -0.05) is 127 Å². The molecule has 0 N–H and O–H groups in total. The van der Waals surface area contributed by atoms with Gasteiger partial charge in [-0.25, -0.2) is 9.83 Å². The lowest BCUT2D eigenvalue weighted by atomic mass is 10.00. The smallest absolute Gasteiger partial charge is 0.238 e. The number of fused-ring (bicyclic) bond motifs is 2. The van der Waals surface area contributed by atoms with Crippen LogP contribution >= 0.6 is 0 Å². The molecule has 0 aliphatic rings. The summed E-state index contributed by atoms with van der Waals surface area (Å²) in [7, 11) is 0. The molecular formula is C50H30N6. The van der Waals surface area contributed by atoms with Crippen molar-refractivity contribution >= 4 is 77.1 Å². The topological polar surface area (TPSA) is 51.2 Å². The molecule has 0 atom stereocenters. The van der Waals surface area contributed by atoms with Crippen molar-refractivity contribution in [1.29, 1.82) is 0 Å². The van der Waals surface area contributed by atoms with Crippen LogP contribution in [-0.2, 0) is 0 Å². The summed E-state index contributed by atoms with van der Waals surface area (Å²) < 4.78 is 2.35. The first-order valence-electron chi connectivity index (χ1n) is 18.6. The van der Waals surface area contributed by atoms with Crippen molar-refractivity contribution in [2.24, 2.45) is 0 Å². The summed E-state index contributed by atoms with van der Waals surface area (Å²) in [6, 6.07) is 62.8. The Kier molecular flexibility index (Phi) is 7.13. The standard InChI is InChI=1S/C50H30N6/c1-51-39-23-25-41(26-24-39)56(43-28-29-45-47-42(43)27-22-34-14-9-17-44(46(34)47)55(45)40-15-3-2-4-16-40)50-53-48(37-20-18-32-10-5-7-12-35(32)30-37)52-49(54-50)38-21-19-33-11-6-8-13-36(33)31-38/h2-31H. The molecule has 2 aromatic heterocycles. The molecule has 260 valence electrons. The predicted molar refractivity (Wildman–Crippen MR) is 230 cm³/mol. The van der Waals surface area contributed by atoms with Gasteiger partial charge in [0.2, 0.25) is 5.95 Å². The minimum atomic E-state index is 0.475. The van der Waals surface area contributed by atoms with Gasteiger partial charge in [-0.05, 0) is 81.5 Å². The number of rotatable bonds is 6. The van der Waals surface area contributed by atoms with Crippen LogP contribution in [-0.4, -0.2) is 19.5 Å². The summed E-state index contributed by atoms with van der Waals surface area (Å²) in [5.74, 6) is 1.61. The van der Waals surface area contributed by atoms with Crippen LogP contribution in [0.3, 0.4) is 0 Å². The molecule has 56 heavy (non-hydrogen) atoms. The molecule has 0 amide bonds. The molecule has 0 aliphatic carbocycles. The highest BCUT2D eigenvalue weighted by Crippen LogP contribution is 2.46. The second-order valence-electron chi connectivity index (χ2n) is 14.0. The lowest BCUT2D eigenvalue weighted by Crippen LogP contribution is -2.15. The van der Waals surface area contributed by atoms with Gasteiger partial charge in [0, 0.05) is 38.7 Å². The fourth-order valence-corrected chi connectivity index (χ4v) is 8.14. The van der Waals surface area contributed by atoms with E-state index in [-0.39, 0.29) is 0 Å². The highest BCUT2D eigenvalue weighted by atomic mass is 15.3. The Hall–Kier alpha value is -7.88. The minimum absolute atomic E-state index is 0.475. The van der Waals surface area contributed by atoms with Crippen molar-refractivity contribution in [3.63, 3.8) is 0 Å². The molecule has 9 aromatic carbocycles. The Bertz CT molecular complexity index is 3230. The van der Waals surface area contributed by atoms with Crippen LogP contribution < -0.4 is 4.90 Å². The lowest BCUT2D eigenvalue weighted by Gasteiger charge is -2.26. The Morgan fingerprint density at radius 3 is 1.71 bits per heavy atom. The predicted octanol–water partition coefficient (Wildman–Crippen LogP) is 13.2. The largest absolute Gasteiger partial charge is 0.309 e. The maximum Gasteiger partial charge on any atom is 0.238 e. The average molecular weight is 715 g/mol. The number of nitrogens with zero attached hydrogens (tertiary/aromatic N) is 6. The van der Waals surface area contributed by atoms with Crippen LogP contribution in [0.1, 0.15) is 0 Å². The summed E-state index contributed by atoms with van der Waals surface area (Å²) in [6.45, 7) is 7.69. The van der Waals surface area contributed by atoms with E-state index < -0.39 is 0 Å². The molecule has 0 fully saturated rings. The fourth-order valence-electron chi connectivity index (χ4n) is 8.14. The first-order chi connectivity index (χ1) is 27.7. The number of anilines is 3. The van der Waals surface area contributed by atoms with Crippen LogP contribution in [0.5, 0.6) is 0 Å². The molecule has 0 spiro atoms. The van der Waals surface area contributed by atoms with Crippen molar-refractivity contribution in [1.82, 2.24) is 19.5 Å². The van der Waals surface area contributed by atoms with Gasteiger partial charge < -0.3 is 4.57 Å². The van der Waals surface area contributed by atoms with E-state index in [1.807, 2.05) is 24.3 Å². The fraction of sp³-hybridized carbons (Fsp3) is 0. The molecule has 2 heterocycles. The van der Waals surface area contributed by atoms with E-state index in [1.165, 1.54) is 16.2 Å². The highest BCUT2D eigenvalue weighted by molar-refractivity contribution is 6.26. The third kappa shape index (κ3) is 5.07. The van der Waals surface area contributed by atoms with E-state index in [2.05, 4.69) is 172 Å². The summed E-state index contributed by atoms with van der Waals surface area (Å²) >= 11 is 0. The van der Waals surface area contributed by atoms with Crippen LogP contribution in [0, 0.1) is 6.57 Å². The number of benzene rings is 9. The van der Waals surface area contributed by atoms with Crippen LogP contribution in [0.15, 0.2) is 182 Å². The monoisotopic (exact) mass is 714 g/mol. The molecule has 6 nitrogen and oxygen atoms in total. The molecule has 11 rings (SSSR count). The zero-order valence-corrected chi connectivity index (χ0v) is 30.0. The molecule has 0 unspecified atom stereocenters. The molecular weight excluding hydrogens is 685 g/mol. The van der Waals surface area contributed by atoms with E-state index >= 15 is 0 Å². The van der Waals surface area contributed by atoms with Gasteiger partial charge >= 0.3 is 0 Å². The van der Waals surface area contributed by atoms with Crippen molar-refractivity contribution in [3.05, 3.63) is 193 Å². The minimum Gasteiger partial charge on any atom is -0.309 e. The molecule has 0 saturated heterocycles. The van der Waals surface area contributed by atoms with Gasteiger partial charge in [-0.3, -0.25) is 4.90 Å². The normalized spacial score (nSPS) is 11.6. The van der Waals surface area contributed by atoms with Crippen molar-refractivity contribution in [2.45, 2.75) is 0 Å². The second kappa shape index (κ2) is 12.6. The lowest BCUT2D eigenvalue weighted by molar-refractivity contribution is 1.03. The van der Waals surface area contributed by atoms with Crippen molar-refractivity contribution < 1.29 is 0 Å². The Balaban J connectivity index is 1.20. The second-order valence-corrected chi connectivity index (χ2v) is 14.0. The number of hydrogen-bond donors (Lipinski definition) is 0. The number of para-hydroxylation sites is 1. The van der Waals surface area contributed by atoms with Gasteiger partial charge in [0.1, 0.15) is 0 Å². The Morgan fingerprint density at radius 2 is 1.05 bits per heavy atom. The molecule has 6 heteroatoms. The van der Waals surface area contributed by atoms with Gasteiger partial charge in [0.25, 0.3) is 0 Å². The van der Waals surface area contributed by atoms with Crippen molar-refractivity contribution in [2.75, 3.05) is 4.90 Å². The third-order valence-electron chi connectivity index (χ3n) is 10.8. The highest BCUT2D eigenvalue weighted by Gasteiger charge is 2.25. The molecule has 0 aliphatic heterocycles. The first-order valence-corrected chi connectivity index (χ1v) is 18.6. The van der Waals surface area contributed by atoms with Gasteiger partial charge in [0.05, 0.1) is 23.3 Å². The number of aromatic nitrogens is 4. The van der Waals surface area contributed by atoms with Crippen LogP contribution in [0.2, 0.25) is 0 Å². The molecule has 0 saturated carbocycles. The Morgan fingerprint density at radius 1 is 0.464 bits per heavy atom. The maximum absolute atomic E-state index is 7.69. The summed E-state index contributed by atoms with van der Waals surface area (Å²) in [4.78, 5) is 21.6. The van der Waals surface area contributed by atoms with E-state index in [1.54, 1.807) is 0 Å². The zero-order chi connectivity index (χ0) is 37.2. The zero-order valence-electron chi connectivity index (χ0n) is 30.0. The number of hydrogen-bond acceptors (Lipinski definition) is 4. The summed E-state index contributed by atoms with van der Waals surface area (Å²) in [5.41, 5.74) is 7.48. The Labute approximate surface area is 322 Å².